The van der Waals surface area contributed by atoms with Crippen LogP contribution in [0, 0.1) is 5.92 Å². The highest BCUT2D eigenvalue weighted by Crippen LogP contribution is 2.25. The molecule has 1 aromatic heterocycles. The highest BCUT2D eigenvalue weighted by atomic mass is 35.5. The maximum atomic E-state index is 12.4. The number of hydrogen-bond donors (Lipinski definition) is 5. The molecule has 0 bridgehead atoms. The van der Waals surface area contributed by atoms with Gasteiger partial charge in [-0.1, -0.05) is 16.8 Å². The Balaban J connectivity index is 2.05. The highest BCUT2D eigenvalue weighted by molar-refractivity contribution is 6.39. The lowest BCUT2D eigenvalue weighted by Crippen LogP contribution is -2.57. The van der Waals surface area contributed by atoms with E-state index in [2.05, 4.69) is 26.1 Å². The van der Waals surface area contributed by atoms with Crippen molar-refractivity contribution in [2.75, 3.05) is 5.32 Å². The number of halogens is 1. The Morgan fingerprint density at radius 3 is 2.48 bits per heavy atom. The van der Waals surface area contributed by atoms with Crippen LogP contribution < -0.4 is 21.7 Å². The van der Waals surface area contributed by atoms with E-state index in [4.69, 9.17) is 27.3 Å². The SMILES string of the molecule is CC(C)(C)OC(=O)N[C@@H]1C[C@@H](/C(N)=N\O)CC[C@@H]1NC(=O)C(=O)Nc1ccc(Cl)cn1. The van der Waals surface area contributed by atoms with Gasteiger partial charge in [-0.15, -0.1) is 0 Å². The van der Waals surface area contributed by atoms with E-state index >= 15 is 0 Å². The standard InChI is InChI=1S/C19H27ClN6O5/c1-19(2,3)31-18(29)24-13-8-10(15(21)26-30)4-6-12(13)23-16(27)17(28)25-14-7-5-11(20)9-22-14/h5,7,9-10,12-13,30H,4,6,8H2,1-3H3,(H2,21,26)(H,23,27)(H,24,29)(H,22,25,28)/t10-,12-,13+/m0/s1. The van der Waals surface area contributed by atoms with Crippen LogP contribution in [0.3, 0.4) is 0 Å². The van der Waals surface area contributed by atoms with E-state index in [1.807, 2.05) is 0 Å². The molecule has 12 heteroatoms. The molecular weight excluding hydrogens is 428 g/mol. The first-order valence-electron chi connectivity index (χ1n) is 9.69. The Bertz CT molecular complexity index is 839. The predicted molar refractivity (Wildman–Crippen MR) is 114 cm³/mol. The molecule has 0 saturated heterocycles. The first-order chi connectivity index (χ1) is 14.5. The molecule has 3 atom stereocenters. The molecule has 1 heterocycles. The number of nitrogens with two attached hydrogens (primary N) is 1. The van der Waals surface area contributed by atoms with E-state index in [0.717, 1.165) is 0 Å². The number of aromatic nitrogens is 1. The van der Waals surface area contributed by atoms with Crippen molar-refractivity contribution in [3.8, 4) is 0 Å². The van der Waals surface area contributed by atoms with Crippen LogP contribution in [-0.2, 0) is 14.3 Å². The molecule has 0 spiro atoms. The van der Waals surface area contributed by atoms with Gasteiger partial charge >= 0.3 is 17.9 Å². The number of carbonyl (C=O) groups is 3. The van der Waals surface area contributed by atoms with Crippen molar-refractivity contribution in [2.45, 2.75) is 57.7 Å². The number of carbonyl (C=O) groups excluding carboxylic acids is 3. The zero-order chi connectivity index (χ0) is 23.2. The molecule has 1 aromatic rings. The van der Waals surface area contributed by atoms with Crippen LogP contribution >= 0.6 is 11.6 Å². The lowest BCUT2D eigenvalue weighted by Gasteiger charge is -2.36. The minimum atomic E-state index is -0.913. The normalized spacial score (nSPS) is 21.7. The number of alkyl carbamates (subject to hydrolysis) is 1. The molecule has 3 amide bonds. The van der Waals surface area contributed by atoms with Crippen molar-refractivity contribution in [1.29, 1.82) is 0 Å². The van der Waals surface area contributed by atoms with Crippen LogP contribution in [0.4, 0.5) is 10.6 Å². The van der Waals surface area contributed by atoms with Crippen LogP contribution in [0.5, 0.6) is 0 Å². The fourth-order valence-electron chi connectivity index (χ4n) is 3.17. The molecule has 0 radical (unpaired) electrons. The van der Waals surface area contributed by atoms with Gasteiger partial charge in [0.2, 0.25) is 0 Å². The molecule has 0 aromatic carbocycles. The van der Waals surface area contributed by atoms with Crippen molar-refractivity contribution >= 4 is 41.2 Å². The molecule has 1 aliphatic carbocycles. The first kappa shape index (κ1) is 24.2. The zero-order valence-corrected chi connectivity index (χ0v) is 18.3. The summed E-state index contributed by atoms with van der Waals surface area (Å²) in [5.74, 6) is -1.90. The number of nitrogens with one attached hydrogen (secondary N) is 3. The van der Waals surface area contributed by atoms with Gasteiger partial charge in [0.05, 0.1) is 11.1 Å². The fraction of sp³-hybridized carbons (Fsp3) is 0.526. The topological polar surface area (TPSA) is 168 Å². The minimum absolute atomic E-state index is 0.0346. The van der Waals surface area contributed by atoms with Crippen molar-refractivity contribution in [3.05, 3.63) is 23.4 Å². The number of nitrogens with zero attached hydrogens (tertiary/aromatic N) is 2. The molecule has 11 nitrogen and oxygen atoms in total. The van der Waals surface area contributed by atoms with E-state index < -0.39 is 35.6 Å². The van der Waals surface area contributed by atoms with Crippen LogP contribution in [0.25, 0.3) is 0 Å². The Morgan fingerprint density at radius 2 is 1.90 bits per heavy atom. The second-order valence-electron chi connectivity index (χ2n) is 8.18. The summed E-state index contributed by atoms with van der Waals surface area (Å²) >= 11 is 5.75. The molecular formula is C19H27ClN6O5. The van der Waals surface area contributed by atoms with Gasteiger partial charge in [-0.05, 0) is 52.2 Å². The molecule has 170 valence electrons. The van der Waals surface area contributed by atoms with Gasteiger partial charge in [0, 0.05) is 18.2 Å². The third-order valence-electron chi connectivity index (χ3n) is 4.58. The Labute approximate surface area is 184 Å². The second kappa shape index (κ2) is 10.3. The highest BCUT2D eigenvalue weighted by Gasteiger charge is 2.36. The summed E-state index contributed by atoms with van der Waals surface area (Å²) in [5, 5.41) is 20.1. The third-order valence-corrected chi connectivity index (χ3v) is 4.80. The summed E-state index contributed by atoms with van der Waals surface area (Å²) in [6, 6.07) is 1.82. The van der Waals surface area contributed by atoms with Crippen molar-refractivity contribution in [1.82, 2.24) is 15.6 Å². The number of hydrogen-bond acceptors (Lipinski definition) is 7. The number of amides is 3. The molecule has 1 saturated carbocycles. The lowest BCUT2D eigenvalue weighted by molar-refractivity contribution is -0.136. The Morgan fingerprint density at radius 1 is 1.19 bits per heavy atom. The van der Waals surface area contributed by atoms with Crippen LogP contribution in [0.15, 0.2) is 23.5 Å². The minimum Gasteiger partial charge on any atom is -0.444 e. The molecule has 0 aliphatic heterocycles. The van der Waals surface area contributed by atoms with Gasteiger partial charge in [0.1, 0.15) is 17.3 Å². The largest absolute Gasteiger partial charge is 0.444 e. The summed E-state index contributed by atoms with van der Waals surface area (Å²) in [5.41, 5.74) is 5.01. The quantitative estimate of drug-likeness (QED) is 0.151. The van der Waals surface area contributed by atoms with Gasteiger partial charge < -0.3 is 31.6 Å². The Kier molecular flexibility index (Phi) is 8.03. The van der Waals surface area contributed by atoms with Gasteiger partial charge in [-0.2, -0.15) is 0 Å². The maximum Gasteiger partial charge on any atom is 0.407 e. The summed E-state index contributed by atoms with van der Waals surface area (Å²) in [6.07, 6.45) is 1.84. The summed E-state index contributed by atoms with van der Waals surface area (Å²) in [7, 11) is 0. The van der Waals surface area contributed by atoms with Crippen molar-refractivity contribution in [3.63, 3.8) is 0 Å². The van der Waals surface area contributed by atoms with E-state index in [1.165, 1.54) is 18.3 Å². The van der Waals surface area contributed by atoms with Gasteiger partial charge in [0.25, 0.3) is 0 Å². The summed E-state index contributed by atoms with van der Waals surface area (Å²) in [6.45, 7) is 5.17. The van der Waals surface area contributed by atoms with Crippen molar-refractivity contribution < 1.29 is 24.3 Å². The molecule has 2 rings (SSSR count). The lowest BCUT2D eigenvalue weighted by atomic mass is 9.81. The number of anilines is 1. The number of rotatable bonds is 4. The van der Waals surface area contributed by atoms with Gasteiger partial charge in [-0.25, -0.2) is 9.78 Å². The van der Waals surface area contributed by atoms with Crippen LogP contribution in [-0.4, -0.2) is 51.6 Å². The van der Waals surface area contributed by atoms with E-state index in [-0.39, 0.29) is 17.6 Å². The van der Waals surface area contributed by atoms with E-state index in [9.17, 15) is 14.4 Å². The van der Waals surface area contributed by atoms with Crippen molar-refractivity contribution in [2.24, 2.45) is 16.8 Å². The maximum absolute atomic E-state index is 12.4. The third kappa shape index (κ3) is 7.59. The van der Waals surface area contributed by atoms with Gasteiger partial charge in [-0.3, -0.25) is 9.59 Å². The van der Waals surface area contributed by atoms with E-state index in [1.54, 1.807) is 20.8 Å². The molecule has 6 N–H and O–H groups in total. The number of oxime groups is 1. The number of ether oxygens (including phenoxy) is 1. The van der Waals surface area contributed by atoms with Crippen LogP contribution in [0.2, 0.25) is 5.02 Å². The molecule has 1 fully saturated rings. The number of amidine groups is 1. The molecule has 31 heavy (non-hydrogen) atoms. The fourth-order valence-corrected chi connectivity index (χ4v) is 3.28. The zero-order valence-electron chi connectivity index (χ0n) is 17.5. The second-order valence-corrected chi connectivity index (χ2v) is 8.62. The average Bonchev–Trinajstić information content (AvgIpc) is 2.68. The summed E-state index contributed by atoms with van der Waals surface area (Å²) in [4.78, 5) is 40.8. The number of pyridine rings is 1. The smallest absolute Gasteiger partial charge is 0.407 e. The molecule has 0 unspecified atom stereocenters. The predicted octanol–water partition coefficient (Wildman–Crippen LogP) is 1.60. The monoisotopic (exact) mass is 454 g/mol. The first-order valence-corrected chi connectivity index (χ1v) is 10.1. The average molecular weight is 455 g/mol. The van der Waals surface area contributed by atoms with Crippen LogP contribution in [0.1, 0.15) is 40.0 Å². The summed E-state index contributed by atoms with van der Waals surface area (Å²) < 4.78 is 5.28. The van der Waals surface area contributed by atoms with Gasteiger partial charge in [0.15, 0.2) is 0 Å². The molecule has 1 aliphatic rings. The van der Waals surface area contributed by atoms with E-state index in [0.29, 0.717) is 24.3 Å². The Hall–Kier alpha value is -3.08.